The Kier molecular flexibility index (Phi) is 5.01. The molecule has 2 saturated heterocycles. The fourth-order valence-electron chi connectivity index (χ4n) is 3.06. The number of likely N-dealkylation sites (tertiary alicyclic amines) is 1. The lowest BCUT2D eigenvalue weighted by Gasteiger charge is -2.23. The van der Waals surface area contributed by atoms with E-state index in [1.54, 1.807) is 0 Å². The second-order valence-electron chi connectivity index (χ2n) is 5.86. The number of piperidine rings is 1. The molecule has 2 N–H and O–H groups in total. The maximum atomic E-state index is 12.1. The molecule has 0 aromatic rings. The predicted molar refractivity (Wildman–Crippen MR) is 71.2 cm³/mol. The largest absolute Gasteiger partial charge is 0.393 e. The van der Waals surface area contributed by atoms with Gasteiger partial charge in [0.1, 0.15) is 0 Å². The Labute approximate surface area is 110 Å². The molecule has 0 radical (unpaired) electrons. The third-order valence-corrected chi connectivity index (χ3v) is 4.48. The summed E-state index contributed by atoms with van der Waals surface area (Å²) in [6, 6.07) is 0. The molecule has 2 aliphatic rings. The Morgan fingerprint density at radius 3 is 2.72 bits per heavy atom. The minimum atomic E-state index is -0.285. The lowest BCUT2D eigenvalue weighted by Crippen LogP contribution is -2.32. The van der Waals surface area contributed by atoms with Crippen molar-refractivity contribution in [3.63, 3.8) is 0 Å². The fourth-order valence-corrected chi connectivity index (χ4v) is 3.06. The van der Waals surface area contributed by atoms with E-state index in [0.717, 1.165) is 44.9 Å². The molecule has 2 aliphatic heterocycles. The van der Waals surface area contributed by atoms with Crippen molar-refractivity contribution in [2.45, 2.75) is 45.1 Å². The van der Waals surface area contributed by atoms with Gasteiger partial charge in [0.15, 0.2) is 0 Å². The van der Waals surface area contributed by atoms with E-state index in [1.165, 1.54) is 12.8 Å². The summed E-state index contributed by atoms with van der Waals surface area (Å²) < 4.78 is 0. The van der Waals surface area contributed by atoms with Crippen molar-refractivity contribution >= 4 is 5.91 Å². The summed E-state index contributed by atoms with van der Waals surface area (Å²) in [5.74, 6) is 1.30. The van der Waals surface area contributed by atoms with Crippen LogP contribution in [0.25, 0.3) is 0 Å². The molecule has 2 heterocycles. The van der Waals surface area contributed by atoms with E-state index in [2.05, 4.69) is 5.32 Å². The van der Waals surface area contributed by atoms with Crippen LogP contribution in [0.4, 0.5) is 0 Å². The summed E-state index contributed by atoms with van der Waals surface area (Å²) in [5.41, 5.74) is 0. The highest BCUT2D eigenvalue weighted by atomic mass is 16.3. The Morgan fingerprint density at radius 1 is 1.39 bits per heavy atom. The number of nitrogens with zero attached hydrogens (tertiary/aromatic N) is 1. The third kappa shape index (κ3) is 3.69. The molecule has 1 amide bonds. The first kappa shape index (κ1) is 13.8. The van der Waals surface area contributed by atoms with Crippen molar-refractivity contribution in [1.29, 1.82) is 0 Å². The van der Waals surface area contributed by atoms with E-state index < -0.39 is 0 Å². The number of carbonyl (C=O) groups excluding carboxylic acids is 1. The van der Waals surface area contributed by atoms with E-state index in [9.17, 15) is 9.90 Å². The Morgan fingerprint density at radius 2 is 2.11 bits per heavy atom. The summed E-state index contributed by atoms with van der Waals surface area (Å²) in [6.07, 6.45) is 4.82. The van der Waals surface area contributed by atoms with Crippen LogP contribution in [0.5, 0.6) is 0 Å². The molecule has 104 valence electrons. The average Bonchev–Trinajstić information content (AvgIpc) is 2.87. The average molecular weight is 254 g/mol. The lowest BCUT2D eigenvalue weighted by atomic mass is 9.93. The normalized spacial score (nSPS) is 27.4. The van der Waals surface area contributed by atoms with Crippen LogP contribution in [0.15, 0.2) is 0 Å². The highest BCUT2D eigenvalue weighted by Crippen LogP contribution is 2.23. The molecule has 0 spiro atoms. The Bertz CT molecular complexity index is 275. The highest BCUT2D eigenvalue weighted by Gasteiger charge is 2.29. The van der Waals surface area contributed by atoms with E-state index in [4.69, 9.17) is 0 Å². The number of rotatable bonds is 4. The number of hydrogen-bond donors (Lipinski definition) is 2. The maximum absolute atomic E-state index is 12.1. The van der Waals surface area contributed by atoms with Crippen LogP contribution in [-0.2, 0) is 4.79 Å². The molecule has 4 heteroatoms. The van der Waals surface area contributed by atoms with Crippen LogP contribution < -0.4 is 5.32 Å². The van der Waals surface area contributed by atoms with Crippen LogP contribution in [0.1, 0.15) is 39.0 Å². The van der Waals surface area contributed by atoms with E-state index in [-0.39, 0.29) is 17.9 Å². The molecule has 0 bridgehead atoms. The zero-order valence-corrected chi connectivity index (χ0v) is 11.4. The molecule has 2 unspecified atom stereocenters. The van der Waals surface area contributed by atoms with Crippen LogP contribution in [0.3, 0.4) is 0 Å². The summed E-state index contributed by atoms with van der Waals surface area (Å²) >= 11 is 0. The first-order chi connectivity index (χ1) is 8.66. The minimum Gasteiger partial charge on any atom is -0.393 e. The number of aliphatic hydroxyl groups is 1. The van der Waals surface area contributed by atoms with Gasteiger partial charge in [0, 0.05) is 25.4 Å². The number of amides is 1. The minimum absolute atomic E-state index is 0.285. The van der Waals surface area contributed by atoms with Crippen LogP contribution in [0, 0.1) is 11.8 Å². The molecule has 0 aromatic heterocycles. The highest BCUT2D eigenvalue weighted by molar-refractivity contribution is 5.76. The topological polar surface area (TPSA) is 52.6 Å². The molecule has 2 rings (SSSR count). The van der Waals surface area contributed by atoms with Crippen LogP contribution in [-0.4, -0.2) is 48.2 Å². The second-order valence-corrected chi connectivity index (χ2v) is 5.86. The van der Waals surface area contributed by atoms with Gasteiger partial charge in [0.05, 0.1) is 6.10 Å². The first-order valence-electron chi connectivity index (χ1n) is 7.33. The molecule has 4 nitrogen and oxygen atoms in total. The lowest BCUT2D eigenvalue weighted by molar-refractivity contribution is -0.130. The van der Waals surface area contributed by atoms with Gasteiger partial charge < -0.3 is 15.3 Å². The number of carbonyl (C=O) groups is 1. The first-order valence-corrected chi connectivity index (χ1v) is 7.33. The van der Waals surface area contributed by atoms with Gasteiger partial charge in [-0.2, -0.15) is 0 Å². The summed E-state index contributed by atoms with van der Waals surface area (Å²) in [4.78, 5) is 14.0. The summed E-state index contributed by atoms with van der Waals surface area (Å²) in [7, 11) is 0. The number of hydrogen-bond acceptors (Lipinski definition) is 3. The number of nitrogens with one attached hydrogen (secondary N) is 1. The molecule has 2 fully saturated rings. The van der Waals surface area contributed by atoms with Gasteiger partial charge >= 0.3 is 0 Å². The van der Waals surface area contributed by atoms with Gasteiger partial charge in [-0.1, -0.05) is 0 Å². The second kappa shape index (κ2) is 6.53. The molecule has 0 aromatic carbocycles. The van der Waals surface area contributed by atoms with Crippen molar-refractivity contribution < 1.29 is 9.90 Å². The zero-order chi connectivity index (χ0) is 13.0. The van der Waals surface area contributed by atoms with Crippen molar-refractivity contribution in [3.8, 4) is 0 Å². The van der Waals surface area contributed by atoms with Gasteiger partial charge in [-0.15, -0.1) is 0 Å². The van der Waals surface area contributed by atoms with Crippen molar-refractivity contribution in [1.82, 2.24) is 10.2 Å². The van der Waals surface area contributed by atoms with Gasteiger partial charge in [0.25, 0.3) is 0 Å². The summed E-state index contributed by atoms with van der Waals surface area (Å²) in [5, 5.41) is 12.9. The van der Waals surface area contributed by atoms with Gasteiger partial charge in [-0.05, 0) is 51.6 Å². The SMILES string of the molecule is CC(O)C1CCN(C(=O)CCC2CCNCC2)C1. The monoisotopic (exact) mass is 254 g/mol. The van der Waals surface area contributed by atoms with Crippen LogP contribution in [0.2, 0.25) is 0 Å². The summed E-state index contributed by atoms with van der Waals surface area (Å²) in [6.45, 7) is 5.62. The molecular weight excluding hydrogens is 228 g/mol. The van der Waals surface area contributed by atoms with Crippen molar-refractivity contribution in [3.05, 3.63) is 0 Å². The van der Waals surface area contributed by atoms with E-state index in [0.29, 0.717) is 6.42 Å². The van der Waals surface area contributed by atoms with E-state index >= 15 is 0 Å². The van der Waals surface area contributed by atoms with Gasteiger partial charge in [-0.3, -0.25) is 4.79 Å². The third-order valence-electron chi connectivity index (χ3n) is 4.48. The van der Waals surface area contributed by atoms with Crippen molar-refractivity contribution in [2.75, 3.05) is 26.2 Å². The molecule has 18 heavy (non-hydrogen) atoms. The molecule has 0 saturated carbocycles. The maximum Gasteiger partial charge on any atom is 0.222 e. The standard InChI is InChI=1S/C14H26N2O2/c1-11(17)13-6-9-16(10-13)14(18)3-2-12-4-7-15-8-5-12/h11-13,15,17H,2-10H2,1H3. The van der Waals surface area contributed by atoms with E-state index in [1.807, 2.05) is 11.8 Å². The molecule has 0 aliphatic carbocycles. The van der Waals surface area contributed by atoms with Gasteiger partial charge in [0.2, 0.25) is 5.91 Å². The molecule has 2 atom stereocenters. The quantitative estimate of drug-likeness (QED) is 0.787. The zero-order valence-electron chi connectivity index (χ0n) is 11.4. The Balaban J connectivity index is 1.68. The Hall–Kier alpha value is -0.610. The van der Waals surface area contributed by atoms with Crippen LogP contribution >= 0.6 is 0 Å². The number of aliphatic hydroxyl groups excluding tert-OH is 1. The smallest absolute Gasteiger partial charge is 0.222 e. The molecular formula is C14H26N2O2. The van der Waals surface area contributed by atoms with Crippen molar-refractivity contribution in [2.24, 2.45) is 11.8 Å². The predicted octanol–water partition coefficient (Wildman–Crippen LogP) is 0.995. The fraction of sp³-hybridized carbons (Fsp3) is 0.929. The van der Waals surface area contributed by atoms with Gasteiger partial charge in [-0.25, -0.2) is 0 Å².